The highest BCUT2D eigenvalue weighted by molar-refractivity contribution is 5.87. The molecule has 6 heteroatoms. The van der Waals surface area contributed by atoms with Crippen LogP contribution >= 0.6 is 0 Å². The average molecular weight is 338 g/mol. The molecule has 1 spiro atoms. The van der Waals surface area contributed by atoms with Crippen molar-refractivity contribution in [2.75, 3.05) is 31.1 Å². The number of rotatable bonds is 2. The molecule has 1 amide bonds. The summed E-state index contributed by atoms with van der Waals surface area (Å²) in [6, 6.07) is 4.21. The summed E-state index contributed by atoms with van der Waals surface area (Å²) in [4.78, 5) is 20.6. The van der Waals surface area contributed by atoms with Crippen molar-refractivity contribution in [3.8, 4) is 6.07 Å². The molecular formula is C19H22N4O2. The number of fused-ring (bicyclic) bond motifs is 1. The summed E-state index contributed by atoms with van der Waals surface area (Å²) < 4.78 is 5.81. The van der Waals surface area contributed by atoms with E-state index in [0.29, 0.717) is 12.2 Å². The van der Waals surface area contributed by atoms with Gasteiger partial charge in [-0.2, -0.15) is 5.26 Å². The van der Waals surface area contributed by atoms with Gasteiger partial charge in [0.15, 0.2) is 0 Å². The number of anilines is 1. The number of nitriles is 1. The van der Waals surface area contributed by atoms with Crippen molar-refractivity contribution >= 4 is 11.7 Å². The summed E-state index contributed by atoms with van der Waals surface area (Å²) in [7, 11) is 0. The third-order valence-corrected chi connectivity index (χ3v) is 5.64. The van der Waals surface area contributed by atoms with Crippen LogP contribution in [0.3, 0.4) is 0 Å². The number of aromatic nitrogens is 1. The lowest BCUT2D eigenvalue weighted by Gasteiger charge is -2.47. The smallest absolute Gasteiger partial charge is 0.245 e. The van der Waals surface area contributed by atoms with Gasteiger partial charge in [-0.3, -0.25) is 4.79 Å². The van der Waals surface area contributed by atoms with Crippen molar-refractivity contribution in [3.05, 3.63) is 35.5 Å². The summed E-state index contributed by atoms with van der Waals surface area (Å²) in [5.41, 5.74) is 2.25. The molecule has 2 fully saturated rings. The van der Waals surface area contributed by atoms with Crippen LogP contribution in [0.2, 0.25) is 0 Å². The van der Waals surface area contributed by atoms with Crippen LogP contribution in [0.15, 0.2) is 18.7 Å². The Kier molecular flexibility index (Phi) is 3.41. The van der Waals surface area contributed by atoms with Crippen molar-refractivity contribution in [1.29, 1.82) is 5.26 Å². The first-order valence-corrected chi connectivity index (χ1v) is 8.62. The Hall–Kier alpha value is -2.39. The molecule has 1 aromatic heterocycles. The number of nitrogens with zero attached hydrogens (tertiary/aromatic N) is 4. The van der Waals surface area contributed by atoms with E-state index in [-0.39, 0.29) is 11.3 Å². The van der Waals surface area contributed by atoms with E-state index in [0.717, 1.165) is 49.7 Å². The van der Waals surface area contributed by atoms with Gasteiger partial charge in [0.2, 0.25) is 5.91 Å². The maximum Gasteiger partial charge on any atom is 0.245 e. The quantitative estimate of drug-likeness (QED) is 0.771. The molecule has 1 aromatic rings. The standard InChI is InChI=1S/C19H22N4O2/c1-4-15(24)23-11-19(12-23)5-6-22(10-19)17-13(8-20)7-14-9-25-18(2,3)16(14)21-17/h4,7H,1,5-6,9-12H2,2-3H3. The number of hydrogen-bond donors (Lipinski definition) is 0. The highest BCUT2D eigenvalue weighted by Gasteiger charge is 2.49. The zero-order chi connectivity index (χ0) is 17.8. The lowest BCUT2D eigenvalue weighted by molar-refractivity contribution is -0.136. The van der Waals surface area contributed by atoms with Crippen LogP contribution in [-0.2, 0) is 21.7 Å². The third-order valence-electron chi connectivity index (χ3n) is 5.64. The van der Waals surface area contributed by atoms with E-state index >= 15 is 0 Å². The summed E-state index contributed by atoms with van der Waals surface area (Å²) in [6.45, 7) is 11.3. The van der Waals surface area contributed by atoms with Crippen LogP contribution in [0.1, 0.15) is 37.1 Å². The van der Waals surface area contributed by atoms with E-state index in [2.05, 4.69) is 17.5 Å². The molecule has 25 heavy (non-hydrogen) atoms. The fourth-order valence-corrected chi connectivity index (χ4v) is 4.25. The van der Waals surface area contributed by atoms with Crippen molar-refractivity contribution in [1.82, 2.24) is 9.88 Å². The Labute approximate surface area is 147 Å². The van der Waals surface area contributed by atoms with Crippen LogP contribution in [0.4, 0.5) is 5.82 Å². The maximum atomic E-state index is 11.7. The fourth-order valence-electron chi connectivity index (χ4n) is 4.25. The third kappa shape index (κ3) is 2.42. The molecule has 0 unspecified atom stereocenters. The van der Waals surface area contributed by atoms with Crippen molar-refractivity contribution in [2.24, 2.45) is 5.41 Å². The van der Waals surface area contributed by atoms with Crippen LogP contribution in [-0.4, -0.2) is 42.0 Å². The number of amides is 1. The van der Waals surface area contributed by atoms with Gasteiger partial charge in [0, 0.05) is 37.2 Å². The molecular weight excluding hydrogens is 316 g/mol. The predicted octanol–water partition coefficient (Wildman–Crippen LogP) is 1.94. The molecule has 0 N–H and O–H groups in total. The SMILES string of the molecule is C=CC(=O)N1CC2(CCN(c3nc4c(cc3C#N)COC4(C)C)C2)C1. The summed E-state index contributed by atoms with van der Waals surface area (Å²) in [6.07, 6.45) is 2.38. The zero-order valence-corrected chi connectivity index (χ0v) is 14.7. The van der Waals surface area contributed by atoms with Gasteiger partial charge in [0.25, 0.3) is 0 Å². The Morgan fingerprint density at radius 2 is 2.20 bits per heavy atom. The molecule has 130 valence electrons. The Bertz CT molecular complexity index is 802. The number of ether oxygens (including phenoxy) is 1. The number of pyridine rings is 1. The van der Waals surface area contributed by atoms with Gasteiger partial charge in [0.05, 0.1) is 17.9 Å². The van der Waals surface area contributed by atoms with E-state index in [1.54, 1.807) is 0 Å². The minimum atomic E-state index is -0.418. The first-order valence-electron chi connectivity index (χ1n) is 8.62. The number of carbonyl (C=O) groups is 1. The first-order chi connectivity index (χ1) is 11.9. The van der Waals surface area contributed by atoms with Crippen molar-refractivity contribution in [2.45, 2.75) is 32.5 Å². The van der Waals surface area contributed by atoms with Crippen LogP contribution in [0.25, 0.3) is 0 Å². The fraction of sp³-hybridized carbons (Fsp3) is 0.526. The summed E-state index contributed by atoms with van der Waals surface area (Å²) >= 11 is 0. The molecule has 4 rings (SSSR count). The Balaban J connectivity index is 1.59. The topological polar surface area (TPSA) is 69.5 Å². The Morgan fingerprint density at radius 1 is 1.44 bits per heavy atom. The highest BCUT2D eigenvalue weighted by Crippen LogP contribution is 2.43. The van der Waals surface area contributed by atoms with E-state index in [1.807, 2.05) is 24.8 Å². The number of hydrogen-bond acceptors (Lipinski definition) is 5. The van der Waals surface area contributed by atoms with E-state index in [1.165, 1.54) is 6.08 Å². The molecule has 0 aliphatic carbocycles. The molecule has 0 radical (unpaired) electrons. The minimum absolute atomic E-state index is 0.00339. The normalized spacial score (nSPS) is 22.4. The molecule has 3 aliphatic rings. The molecule has 3 aliphatic heterocycles. The number of likely N-dealkylation sites (tertiary alicyclic amines) is 1. The van der Waals surface area contributed by atoms with Gasteiger partial charge >= 0.3 is 0 Å². The second kappa shape index (κ2) is 5.30. The first kappa shape index (κ1) is 16.1. The molecule has 6 nitrogen and oxygen atoms in total. The summed E-state index contributed by atoms with van der Waals surface area (Å²) in [5.74, 6) is 0.751. The van der Waals surface area contributed by atoms with E-state index in [9.17, 15) is 10.1 Å². The van der Waals surface area contributed by atoms with Crippen molar-refractivity contribution < 1.29 is 9.53 Å². The largest absolute Gasteiger partial charge is 0.365 e. The second-order valence-electron chi connectivity index (χ2n) is 7.85. The van der Waals surface area contributed by atoms with Crippen molar-refractivity contribution in [3.63, 3.8) is 0 Å². The van der Waals surface area contributed by atoms with E-state index in [4.69, 9.17) is 9.72 Å². The molecule has 2 saturated heterocycles. The molecule has 0 saturated carbocycles. The van der Waals surface area contributed by atoms with Gasteiger partial charge in [-0.25, -0.2) is 4.98 Å². The van der Waals surface area contributed by atoms with Crippen LogP contribution < -0.4 is 4.90 Å². The lowest BCUT2D eigenvalue weighted by atomic mass is 9.79. The minimum Gasteiger partial charge on any atom is -0.365 e. The van der Waals surface area contributed by atoms with Gasteiger partial charge in [0.1, 0.15) is 17.5 Å². The van der Waals surface area contributed by atoms with Gasteiger partial charge in [-0.15, -0.1) is 0 Å². The predicted molar refractivity (Wildman–Crippen MR) is 92.8 cm³/mol. The van der Waals surface area contributed by atoms with Gasteiger partial charge in [-0.1, -0.05) is 6.58 Å². The van der Waals surface area contributed by atoms with Gasteiger partial charge < -0.3 is 14.5 Å². The van der Waals surface area contributed by atoms with E-state index < -0.39 is 5.60 Å². The van der Waals surface area contributed by atoms with Crippen LogP contribution in [0, 0.1) is 16.7 Å². The summed E-state index contributed by atoms with van der Waals surface area (Å²) in [5, 5.41) is 9.57. The molecule has 0 aromatic carbocycles. The molecule has 0 atom stereocenters. The second-order valence-corrected chi connectivity index (χ2v) is 7.85. The maximum absolute atomic E-state index is 11.7. The monoisotopic (exact) mass is 338 g/mol. The lowest BCUT2D eigenvalue weighted by Crippen LogP contribution is -2.59. The highest BCUT2D eigenvalue weighted by atomic mass is 16.5. The van der Waals surface area contributed by atoms with Crippen LogP contribution in [0.5, 0.6) is 0 Å². The van der Waals surface area contributed by atoms with Gasteiger partial charge in [-0.05, 0) is 32.4 Å². The molecule has 0 bridgehead atoms. The molecule has 4 heterocycles. The Morgan fingerprint density at radius 3 is 2.88 bits per heavy atom. The zero-order valence-electron chi connectivity index (χ0n) is 14.7. The number of carbonyl (C=O) groups excluding carboxylic acids is 1. The average Bonchev–Trinajstić information content (AvgIpc) is 3.13.